The molecule has 2 aromatic rings. The zero-order valence-electron chi connectivity index (χ0n) is 14.6. The first-order valence-corrected chi connectivity index (χ1v) is 7.39. The Morgan fingerprint density at radius 2 is 0.792 bits per heavy atom. The molecule has 0 heteroatoms. The van der Waals surface area contributed by atoms with Gasteiger partial charge in [0.05, 0.1) is 0 Å². The van der Waals surface area contributed by atoms with Gasteiger partial charge in [0, 0.05) is 5.56 Å². The van der Waals surface area contributed by atoms with Crippen LogP contribution in [0, 0.1) is 44.5 Å². The van der Waals surface area contributed by atoms with Crippen LogP contribution in [0.4, 0.5) is 0 Å². The SMILES string of the molecule is C.C.CC#CC.CC#Cc1ccc(C)cc1.Cc1ccc(C)cc1. The Bertz CT molecular complexity index is 609. The van der Waals surface area contributed by atoms with Gasteiger partial charge in [0.2, 0.25) is 0 Å². The molecule has 2 aromatic carbocycles. The summed E-state index contributed by atoms with van der Waals surface area (Å²) in [5.74, 6) is 11.2. The van der Waals surface area contributed by atoms with E-state index < -0.39 is 0 Å². The molecule has 0 aliphatic carbocycles. The molecule has 0 amide bonds. The fourth-order valence-corrected chi connectivity index (χ4v) is 1.42. The van der Waals surface area contributed by atoms with E-state index in [0.717, 1.165) is 5.56 Å². The Balaban J connectivity index is -0.000000286. The molecule has 0 atom stereocenters. The first-order chi connectivity index (χ1) is 10.5. The van der Waals surface area contributed by atoms with Gasteiger partial charge in [-0.15, -0.1) is 17.8 Å². The highest BCUT2D eigenvalue weighted by atomic mass is 13.9. The molecule has 0 N–H and O–H groups in total. The van der Waals surface area contributed by atoms with Crippen molar-refractivity contribution in [2.24, 2.45) is 0 Å². The number of rotatable bonds is 0. The molecule has 0 bridgehead atoms. The lowest BCUT2D eigenvalue weighted by Gasteiger charge is -1.90. The Labute approximate surface area is 151 Å². The minimum atomic E-state index is 0. The van der Waals surface area contributed by atoms with Gasteiger partial charge in [0.25, 0.3) is 0 Å². The predicted octanol–water partition coefficient (Wildman–Crippen LogP) is 6.97. The third-order valence-corrected chi connectivity index (χ3v) is 2.79. The lowest BCUT2D eigenvalue weighted by Crippen LogP contribution is -1.73. The van der Waals surface area contributed by atoms with E-state index in [1.165, 1.54) is 16.7 Å². The van der Waals surface area contributed by atoms with E-state index >= 15 is 0 Å². The Morgan fingerprint density at radius 1 is 0.500 bits per heavy atom. The highest BCUT2D eigenvalue weighted by molar-refractivity contribution is 5.35. The zero-order valence-corrected chi connectivity index (χ0v) is 14.6. The average molecular weight is 323 g/mol. The van der Waals surface area contributed by atoms with Gasteiger partial charge in [-0.05, 0) is 53.7 Å². The third-order valence-electron chi connectivity index (χ3n) is 2.79. The molecule has 0 heterocycles. The van der Waals surface area contributed by atoms with Crippen molar-refractivity contribution >= 4 is 0 Å². The molecule has 0 radical (unpaired) electrons. The number of hydrogen-bond donors (Lipinski definition) is 0. The highest BCUT2D eigenvalue weighted by Gasteiger charge is 1.83. The standard InChI is InChI=1S/C10H10.C8H10.C4H6.2CH4/c1-3-4-10-7-5-9(2)6-8-10;1-7-3-5-8(2)6-4-7;1-3-4-2;;/h5-8H,1-2H3;3-6H,1-2H3;1-2H3;2*1H4. The quantitative estimate of drug-likeness (QED) is 0.459. The van der Waals surface area contributed by atoms with Gasteiger partial charge in [-0.3, -0.25) is 0 Å². The number of hydrogen-bond acceptors (Lipinski definition) is 0. The van der Waals surface area contributed by atoms with E-state index in [4.69, 9.17) is 0 Å². The Kier molecular flexibility index (Phi) is 18.7. The molecular weight excluding hydrogens is 288 g/mol. The average Bonchev–Trinajstić information content (AvgIpc) is 2.54. The second-order valence-electron chi connectivity index (χ2n) is 4.90. The molecule has 0 nitrogen and oxygen atoms in total. The van der Waals surface area contributed by atoms with Crippen LogP contribution in [0.25, 0.3) is 0 Å². The molecule has 2 rings (SSSR count). The smallest absolute Gasteiger partial charge is 0.0245 e. The van der Waals surface area contributed by atoms with Crippen molar-refractivity contribution in [2.45, 2.75) is 56.4 Å². The van der Waals surface area contributed by atoms with Gasteiger partial charge in [0.1, 0.15) is 0 Å². The van der Waals surface area contributed by atoms with E-state index in [1.807, 2.05) is 32.9 Å². The summed E-state index contributed by atoms with van der Waals surface area (Å²) in [6.45, 7) is 11.8. The summed E-state index contributed by atoms with van der Waals surface area (Å²) >= 11 is 0. The van der Waals surface area contributed by atoms with Crippen molar-refractivity contribution in [1.29, 1.82) is 0 Å². The van der Waals surface area contributed by atoms with Crippen LogP contribution >= 0.6 is 0 Å². The van der Waals surface area contributed by atoms with Crippen molar-refractivity contribution in [3.05, 3.63) is 70.8 Å². The van der Waals surface area contributed by atoms with E-state index in [1.54, 1.807) is 0 Å². The molecule has 130 valence electrons. The second kappa shape index (κ2) is 16.9. The van der Waals surface area contributed by atoms with E-state index in [9.17, 15) is 0 Å². The van der Waals surface area contributed by atoms with E-state index in [0.29, 0.717) is 0 Å². The topological polar surface area (TPSA) is 0 Å². The molecule has 0 saturated carbocycles. The highest BCUT2D eigenvalue weighted by Crippen LogP contribution is 2.00. The summed E-state index contributed by atoms with van der Waals surface area (Å²) in [5.41, 5.74) is 5.03. The summed E-state index contributed by atoms with van der Waals surface area (Å²) in [7, 11) is 0. The van der Waals surface area contributed by atoms with Gasteiger partial charge in [-0.1, -0.05) is 73.9 Å². The molecule has 0 fully saturated rings. The van der Waals surface area contributed by atoms with Crippen LogP contribution in [-0.2, 0) is 0 Å². The maximum Gasteiger partial charge on any atom is 0.0245 e. The van der Waals surface area contributed by atoms with Crippen LogP contribution in [0.3, 0.4) is 0 Å². The maximum atomic E-state index is 2.98. The first-order valence-electron chi connectivity index (χ1n) is 7.39. The molecular formula is C24H34. The van der Waals surface area contributed by atoms with Crippen molar-refractivity contribution in [3.8, 4) is 23.7 Å². The molecule has 0 aliphatic rings. The van der Waals surface area contributed by atoms with Crippen LogP contribution in [-0.4, -0.2) is 0 Å². The monoisotopic (exact) mass is 322 g/mol. The maximum absolute atomic E-state index is 2.98. The van der Waals surface area contributed by atoms with Crippen LogP contribution < -0.4 is 0 Å². The number of benzene rings is 2. The minimum absolute atomic E-state index is 0. The van der Waals surface area contributed by atoms with Crippen molar-refractivity contribution in [1.82, 2.24) is 0 Å². The fraction of sp³-hybridized carbons (Fsp3) is 0.333. The van der Waals surface area contributed by atoms with E-state index in [2.05, 4.69) is 80.9 Å². The molecule has 0 spiro atoms. The van der Waals surface area contributed by atoms with Gasteiger partial charge < -0.3 is 0 Å². The van der Waals surface area contributed by atoms with Crippen molar-refractivity contribution in [2.75, 3.05) is 0 Å². The summed E-state index contributed by atoms with van der Waals surface area (Å²) in [5, 5.41) is 0. The fourth-order valence-electron chi connectivity index (χ4n) is 1.42. The van der Waals surface area contributed by atoms with Crippen molar-refractivity contribution < 1.29 is 0 Å². The van der Waals surface area contributed by atoms with Crippen LogP contribution in [0.1, 0.15) is 57.9 Å². The molecule has 0 aromatic heterocycles. The van der Waals surface area contributed by atoms with Crippen LogP contribution in [0.5, 0.6) is 0 Å². The van der Waals surface area contributed by atoms with Crippen LogP contribution in [0.2, 0.25) is 0 Å². The lowest BCUT2D eigenvalue weighted by atomic mass is 10.2. The first kappa shape index (κ1) is 26.5. The Morgan fingerprint density at radius 3 is 1.04 bits per heavy atom. The summed E-state index contributed by atoms with van der Waals surface area (Å²) < 4.78 is 0. The van der Waals surface area contributed by atoms with Gasteiger partial charge >= 0.3 is 0 Å². The predicted molar refractivity (Wildman–Crippen MR) is 112 cm³/mol. The van der Waals surface area contributed by atoms with Crippen LogP contribution in [0.15, 0.2) is 48.5 Å². The lowest BCUT2D eigenvalue weighted by molar-refractivity contribution is 1.40. The largest absolute Gasteiger partial charge is 0.107 e. The summed E-state index contributed by atoms with van der Waals surface area (Å²) in [6.07, 6.45) is 0. The summed E-state index contributed by atoms with van der Waals surface area (Å²) in [6, 6.07) is 16.7. The summed E-state index contributed by atoms with van der Waals surface area (Å²) in [4.78, 5) is 0. The van der Waals surface area contributed by atoms with Gasteiger partial charge in [-0.2, -0.15) is 0 Å². The zero-order chi connectivity index (χ0) is 16.8. The van der Waals surface area contributed by atoms with Gasteiger partial charge in [0.15, 0.2) is 0 Å². The molecule has 24 heavy (non-hydrogen) atoms. The normalized spacial score (nSPS) is 7.08. The van der Waals surface area contributed by atoms with Gasteiger partial charge in [-0.25, -0.2) is 0 Å². The Hall–Kier alpha value is -2.44. The van der Waals surface area contributed by atoms with Crippen molar-refractivity contribution in [3.63, 3.8) is 0 Å². The minimum Gasteiger partial charge on any atom is -0.107 e. The molecule has 0 aliphatic heterocycles. The number of aryl methyl sites for hydroxylation is 3. The second-order valence-corrected chi connectivity index (χ2v) is 4.90. The molecule has 0 unspecified atom stereocenters. The molecule has 0 saturated heterocycles. The third kappa shape index (κ3) is 14.5. The van der Waals surface area contributed by atoms with E-state index in [-0.39, 0.29) is 14.9 Å².